The number of nitrogens with one attached hydrogen (secondary N) is 1. The number of nitrogens with zero attached hydrogens (tertiary/aromatic N) is 1. The van der Waals surface area contributed by atoms with Crippen LogP contribution in [0.1, 0.15) is 6.42 Å². The lowest BCUT2D eigenvalue weighted by Gasteiger charge is -2.08. The first-order valence-corrected chi connectivity index (χ1v) is 4.82. The Kier molecular flexibility index (Phi) is 4.67. The summed E-state index contributed by atoms with van der Waals surface area (Å²) >= 11 is 5.66. The smallest absolute Gasteiger partial charge is 0.387 e. The molecule has 0 radical (unpaired) electrons. The monoisotopic (exact) mass is 260 g/mol. The van der Waals surface area contributed by atoms with Crippen LogP contribution in [0, 0.1) is 11.3 Å². The van der Waals surface area contributed by atoms with E-state index in [0.29, 0.717) is 5.69 Å². The summed E-state index contributed by atoms with van der Waals surface area (Å²) in [6, 6.07) is 5.48. The molecule has 0 aliphatic carbocycles. The second-order valence-corrected chi connectivity index (χ2v) is 3.31. The average molecular weight is 261 g/mol. The van der Waals surface area contributed by atoms with Crippen LogP contribution in [0.25, 0.3) is 0 Å². The highest BCUT2D eigenvalue weighted by Gasteiger charge is 2.10. The van der Waals surface area contributed by atoms with E-state index >= 15 is 0 Å². The number of amides is 1. The van der Waals surface area contributed by atoms with Gasteiger partial charge in [0.05, 0.1) is 11.1 Å². The van der Waals surface area contributed by atoms with E-state index in [1.54, 1.807) is 6.07 Å². The highest BCUT2D eigenvalue weighted by atomic mass is 35.5. The summed E-state index contributed by atoms with van der Waals surface area (Å²) in [6.45, 7) is -2.97. The third kappa shape index (κ3) is 4.25. The third-order valence-electron chi connectivity index (χ3n) is 1.67. The molecule has 1 amide bonds. The second-order valence-electron chi connectivity index (χ2n) is 2.91. The Morgan fingerprint density at radius 2 is 2.29 bits per heavy atom. The fourth-order valence-electron chi connectivity index (χ4n) is 1.05. The van der Waals surface area contributed by atoms with Crippen molar-refractivity contribution in [2.24, 2.45) is 0 Å². The van der Waals surface area contributed by atoms with Gasteiger partial charge in [0, 0.05) is 5.69 Å². The number of halogens is 3. The molecule has 1 aromatic rings. The second kappa shape index (κ2) is 6.01. The van der Waals surface area contributed by atoms with Crippen LogP contribution in [0.15, 0.2) is 18.2 Å². The Labute approximate surface area is 101 Å². The number of ether oxygens (including phenoxy) is 1. The zero-order valence-corrected chi connectivity index (χ0v) is 9.17. The first-order valence-electron chi connectivity index (χ1n) is 4.44. The van der Waals surface area contributed by atoms with Crippen molar-refractivity contribution < 1.29 is 18.3 Å². The number of hydrogen-bond acceptors (Lipinski definition) is 3. The SMILES string of the molecule is N#CCC(=O)Nc1ccc(OC(F)F)c(Cl)c1. The number of carbonyl (C=O) groups is 1. The van der Waals surface area contributed by atoms with Gasteiger partial charge in [0.2, 0.25) is 5.91 Å². The number of rotatable bonds is 4. The molecule has 0 aliphatic rings. The number of nitriles is 1. The van der Waals surface area contributed by atoms with E-state index in [2.05, 4.69) is 10.1 Å². The zero-order chi connectivity index (χ0) is 12.8. The van der Waals surface area contributed by atoms with Gasteiger partial charge in [-0.25, -0.2) is 0 Å². The zero-order valence-electron chi connectivity index (χ0n) is 8.41. The molecule has 0 spiro atoms. The molecule has 0 aliphatic heterocycles. The van der Waals surface area contributed by atoms with E-state index in [1.807, 2.05) is 0 Å². The topological polar surface area (TPSA) is 62.1 Å². The molecule has 1 aromatic carbocycles. The first-order chi connectivity index (χ1) is 8.02. The molecule has 0 aromatic heterocycles. The molecule has 0 atom stereocenters. The van der Waals surface area contributed by atoms with Crippen LogP contribution in [0.2, 0.25) is 5.02 Å². The number of benzene rings is 1. The van der Waals surface area contributed by atoms with E-state index in [9.17, 15) is 13.6 Å². The Bertz CT molecular complexity index is 460. The van der Waals surface area contributed by atoms with Crippen molar-refractivity contribution in [3.05, 3.63) is 23.2 Å². The summed E-state index contributed by atoms with van der Waals surface area (Å²) in [4.78, 5) is 11.1. The number of carbonyl (C=O) groups excluding carboxylic acids is 1. The molecule has 17 heavy (non-hydrogen) atoms. The third-order valence-corrected chi connectivity index (χ3v) is 1.97. The van der Waals surface area contributed by atoms with Gasteiger partial charge in [-0.05, 0) is 18.2 Å². The summed E-state index contributed by atoms with van der Waals surface area (Å²) < 4.78 is 28.0. The molecule has 4 nitrogen and oxygen atoms in total. The molecule has 0 saturated carbocycles. The van der Waals surface area contributed by atoms with Crippen molar-refractivity contribution in [1.29, 1.82) is 5.26 Å². The van der Waals surface area contributed by atoms with Crippen LogP contribution in [-0.4, -0.2) is 12.5 Å². The summed E-state index contributed by atoms with van der Waals surface area (Å²) in [6.07, 6.45) is -0.299. The largest absolute Gasteiger partial charge is 0.433 e. The van der Waals surface area contributed by atoms with Gasteiger partial charge in [0.25, 0.3) is 0 Å². The quantitative estimate of drug-likeness (QED) is 0.905. The molecule has 0 unspecified atom stereocenters. The maximum Gasteiger partial charge on any atom is 0.387 e. The Morgan fingerprint density at radius 3 is 2.82 bits per heavy atom. The Balaban J connectivity index is 2.75. The van der Waals surface area contributed by atoms with Crippen LogP contribution in [0.3, 0.4) is 0 Å². The van der Waals surface area contributed by atoms with Crippen molar-refractivity contribution in [2.75, 3.05) is 5.32 Å². The molecule has 0 heterocycles. The van der Waals surface area contributed by atoms with E-state index in [1.165, 1.54) is 18.2 Å². The van der Waals surface area contributed by atoms with Gasteiger partial charge in [-0.1, -0.05) is 11.6 Å². The van der Waals surface area contributed by atoms with Crippen LogP contribution >= 0.6 is 11.6 Å². The van der Waals surface area contributed by atoms with Crippen LogP contribution in [0.4, 0.5) is 14.5 Å². The van der Waals surface area contributed by atoms with Crippen molar-refractivity contribution in [1.82, 2.24) is 0 Å². The van der Waals surface area contributed by atoms with Gasteiger partial charge in [-0.15, -0.1) is 0 Å². The van der Waals surface area contributed by atoms with Gasteiger partial charge in [-0.2, -0.15) is 14.0 Å². The van der Waals surface area contributed by atoms with Crippen LogP contribution < -0.4 is 10.1 Å². The highest BCUT2D eigenvalue weighted by molar-refractivity contribution is 6.32. The lowest BCUT2D eigenvalue weighted by atomic mass is 10.3. The van der Waals surface area contributed by atoms with E-state index < -0.39 is 12.5 Å². The first kappa shape index (κ1) is 13.2. The average Bonchev–Trinajstić information content (AvgIpc) is 2.22. The number of alkyl halides is 2. The van der Waals surface area contributed by atoms with E-state index in [4.69, 9.17) is 16.9 Å². The minimum absolute atomic E-state index is 0.0555. The van der Waals surface area contributed by atoms with Gasteiger partial charge in [0.15, 0.2) is 0 Å². The highest BCUT2D eigenvalue weighted by Crippen LogP contribution is 2.28. The minimum Gasteiger partial charge on any atom is -0.433 e. The molecule has 7 heteroatoms. The minimum atomic E-state index is -2.97. The normalized spacial score (nSPS) is 9.82. The molecule has 0 saturated heterocycles. The van der Waals surface area contributed by atoms with Crippen LogP contribution in [-0.2, 0) is 4.79 Å². The maximum absolute atomic E-state index is 11.9. The van der Waals surface area contributed by atoms with Gasteiger partial charge in [-0.3, -0.25) is 4.79 Å². The van der Waals surface area contributed by atoms with Crippen LogP contribution in [0.5, 0.6) is 5.75 Å². The van der Waals surface area contributed by atoms with Gasteiger partial charge < -0.3 is 10.1 Å². The molecule has 1 N–H and O–H groups in total. The Hall–Kier alpha value is -1.87. The lowest BCUT2D eigenvalue weighted by molar-refractivity contribution is -0.115. The summed E-state index contributed by atoms with van der Waals surface area (Å²) in [5.41, 5.74) is 0.303. The predicted molar refractivity (Wildman–Crippen MR) is 56.9 cm³/mol. The number of anilines is 1. The fourth-order valence-corrected chi connectivity index (χ4v) is 1.27. The van der Waals surface area contributed by atoms with Crippen molar-refractivity contribution in [2.45, 2.75) is 13.0 Å². The maximum atomic E-state index is 11.9. The van der Waals surface area contributed by atoms with Crippen molar-refractivity contribution in [3.63, 3.8) is 0 Å². The summed E-state index contributed by atoms with van der Waals surface area (Å²) in [5.74, 6) is -0.689. The van der Waals surface area contributed by atoms with E-state index in [0.717, 1.165) is 0 Å². The van der Waals surface area contributed by atoms with Gasteiger partial charge in [0.1, 0.15) is 12.2 Å². The number of hydrogen-bond donors (Lipinski definition) is 1. The molecular formula is C10H7ClF2N2O2. The summed E-state index contributed by atoms with van der Waals surface area (Å²) in [5, 5.41) is 10.6. The lowest BCUT2D eigenvalue weighted by Crippen LogP contribution is -2.10. The predicted octanol–water partition coefficient (Wildman–Crippen LogP) is 2.79. The molecule has 0 bridgehead atoms. The van der Waals surface area contributed by atoms with Crippen molar-refractivity contribution in [3.8, 4) is 11.8 Å². The molecular weight excluding hydrogens is 254 g/mol. The molecule has 90 valence electrons. The molecule has 1 rings (SSSR count). The van der Waals surface area contributed by atoms with E-state index in [-0.39, 0.29) is 17.2 Å². The van der Waals surface area contributed by atoms with Crippen molar-refractivity contribution >= 4 is 23.2 Å². The molecule has 0 fully saturated rings. The standard InChI is InChI=1S/C10H7ClF2N2O2/c11-7-5-6(15-9(16)3-4-14)1-2-8(7)17-10(12)13/h1-2,5,10H,3H2,(H,15,16). The summed E-state index contributed by atoms with van der Waals surface area (Å²) in [7, 11) is 0. The fraction of sp³-hybridized carbons (Fsp3) is 0.200. The van der Waals surface area contributed by atoms with Gasteiger partial charge >= 0.3 is 6.61 Å². The Morgan fingerprint density at radius 1 is 1.59 bits per heavy atom.